The summed E-state index contributed by atoms with van der Waals surface area (Å²) in [7, 11) is 1.76. The number of benzene rings is 1. The Bertz CT molecular complexity index is 995. The highest BCUT2D eigenvalue weighted by molar-refractivity contribution is 6.30. The van der Waals surface area contributed by atoms with E-state index in [1.54, 1.807) is 36.5 Å². The lowest BCUT2D eigenvalue weighted by Gasteiger charge is -2.32. The molecular formula is C27H36ClFN4O2. The fraction of sp³-hybridized carbons (Fsp3) is 0.593. The van der Waals surface area contributed by atoms with Crippen molar-refractivity contribution in [3.05, 3.63) is 47.0 Å². The molecule has 4 rings (SSSR count). The van der Waals surface area contributed by atoms with Crippen molar-refractivity contribution in [1.29, 1.82) is 0 Å². The number of piperidine rings is 1. The van der Waals surface area contributed by atoms with Crippen LogP contribution in [0.4, 0.5) is 10.3 Å². The minimum Gasteiger partial charge on any atom is -0.493 e. The number of hydrogen-bond donors (Lipinski definition) is 0. The zero-order valence-electron chi connectivity index (χ0n) is 20.9. The summed E-state index contributed by atoms with van der Waals surface area (Å²) in [6.07, 6.45) is 7.94. The third-order valence-corrected chi connectivity index (χ3v) is 7.40. The van der Waals surface area contributed by atoms with Crippen molar-refractivity contribution in [1.82, 2.24) is 14.9 Å². The van der Waals surface area contributed by atoms with Gasteiger partial charge in [0.15, 0.2) is 0 Å². The summed E-state index contributed by atoms with van der Waals surface area (Å²) in [6, 6.07) is 4.85. The minimum atomic E-state index is -0.380. The molecule has 2 atom stereocenters. The van der Waals surface area contributed by atoms with Crippen molar-refractivity contribution in [3.8, 4) is 5.75 Å². The van der Waals surface area contributed by atoms with Gasteiger partial charge in [-0.2, -0.15) is 0 Å². The van der Waals surface area contributed by atoms with Crippen LogP contribution in [0.3, 0.4) is 0 Å². The van der Waals surface area contributed by atoms with E-state index in [2.05, 4.69) is 28.7 Å². The number of hydrogen-bond acceptors (Lipinski definition) is 5. The number of aromatic nitrogens is 2. The number of carbonyl (C=O) groups is 1. The van der Waals surface area contributed by atoms with Crippen LogP contribution in [0, 0.1) is 29.5 Å². The first kappa shape index (κ1) is 25.7. The van der Waals surface area contributed by atoms with Gasteiger partial charge in [-0.3, -0.25) is 4.79 Å². The largest absolute Gasteiger partial charge is 0.493 e. The number of carbonyl (C=O) groups excluding carboxylic acids is 1. The molecule has 2 aliphatic rings. The van der Waals surface area contributed by atoms with Crippen LogP contribution in [0.5, 0.6) is 5.75 Å². The maximum atomic E-state index is 14.5. The molecule has 1 saturated heterocycles. The molecule has 1 aromatic carbocycles. The summed E-state index contributed by atoms with van der Waals surface area (Å²) < 4.78 is 20.4. The second kappa shape index (κ2) is 11.5. The fourth-order valence-electron chi connectivity index (χ4n) is 5.21. The summed E-state index contributed by atoms with van der Waals surface area (Å²) in [4.78, 5) is 24.9. The van der Waals surface area contributed by atoms with Gasteiger partial charge in [0.25, 0.3) is 0 Å². The zero-order chi connectivity index (χ0) is 24.9. The Hall–Kier alpha value is -2.41. The van der Waals surface area contributed by atoms with Crippen LogP contribution < -0.4 is 9.64 Å². The van der Waals surface area contributed by atoms with Gasteiger partial charge in [0.1, 0.15) is 11.6 Å². The van der Waals surface area contributed by atoms with E-state index in [4.69, 9.17) is 16.3 Å². The molecule has 190 valence electrons. The molecule has 1 aromatic heterocycles. The molecular weight excluding hydrogens is 467 g/mol. The molecule has 2 heterocycles. The normalized spacial score (nSPS) is 20.2. The van der Waals surface area contributed by atoms with Crippen molar-refractivity contribution >= 4 is 23.5 Å². The predicted octanol–water partition coefficient (Wildman–Crippen LogP) is 5.25. The summed E-state index contributed by atoms with van der Waals surface area (Å²) >= 11 is 5.89. The third-order valence-electron chi connectivity index (χ3n) is 7.20. The second-order valence-corrected chi connectivity index (χ2v) is 10.9. The van der Waals surface area contributed by atoms with E-state index in [-0.39, 0.29) is 18.1 Å². The predicted molar refractivity (Wildman–Crippen MR) is 136 cm³/mol. The van der Waals surface area contributed by atoms with Gasteiger partial charge in [-0.1, -0.05) is 31.5 Å². The van der Waals surface area contributed by atoms with Crippen LogP contribution in [0.2, 0.25) is 5.02 Å². The average molecular weight is 503 g/mol. The molecule has 0 N–H and O–H groups in total. The van der Waals surface area contributed by atoms with Gasteiger partial charge >= 0.3 is 0 Å². The highest BCUT2D eigenvalue weighted by Gasteiger charge is 2.43. The highest BCUT2D eigenvalue weighted by Crippen LogP contribution is 2.49. The third kappa shape index (κ3) is 7.06. The average Bonchev–Trinajstić information content (AvgIpc) is 3.60. The molecule has 8 heteroatoms. The molecule has 0 spiro atoms. The van der Waals surface area contributed by atoms with Crippen LogP contribution in [0.15, 0.2) is 30.6 Å². The molecule has 1 aliphatic heterocycles. The highest BCUT2D eigenvalue weighted by atomic mass is 35.5. The Labute approximate surface area is 212 Å². The van der Waals surface area contributed by atoms with Crippen LogP contribution in [0.25, 0.3) is 0 Å². The first-order chi connectivity index (χ1) is 16.8. The van der Waals surface area contributed by atoms with Crippen LogP contribution in [0.1, 0.15) is 45.1 Å². The lowest BCUT2D eigenvalue weighted by Crippen LogP contribution is -2.35. The van der Waals surface area contributed by atoms with Crippen LogP contribution in [-0.4, -0.2) is 54.1 Å². The summed E-state index contributed by atoms with van der Waals surface area (Å²) in [5.74, 6) is 3.42. The molecule has 1 unspecified atom stereocenters. The second-order valence-electron chi connectivity index (χ2n) is 10.4. The number of rotatable bonds is 10. The standard InChI is InChI=1S/C27H36ClFN4O2/c1-18(2)17-32(3)26(34)13-21-4-5-23(14-25(21)29)35-11-8-20-12-24(20)19-6-9-33(10-7-19)27-30-15-22(28)16-31-27/h4-5,14-16,18-20,24H,6-13,17H2,1-3H3/t20-,24?/m1/s1. The Morgan fingerprint density at radius 3 is 2.63 bits per heavy atom. The number of halogens is 2. The number of nitrogens with zero attached hydrogens (tertiary/aromatic N) is 4. The fourth-order valence-corrected chi connectivity index (χ4v) is 5.31. The molecule has 1 saturated carbocycles. The Kier molecular flexibility index (Phi) is 8.47. The zero-order valence-corrected chi connectivity index (χ0v) is 21.7. The molecule has 0 bridgehead atoms. The molecule has 1 amide bonds. The van der Waals surface area contributed by atoms with Crippen LogP contribution in [-0.2, 0) is 11.2 Å². The van der Waals surface area contributed by atoms with E-state index in [0.717, 1.165) is 50.1 Å². The van der Waals surface area contributed by atoms with E-state index in [1.165, 1.54) is 12.5 Å². The lowest BCUT2D eigenvalue weighted by molar-refractivity contribution is -0.129. The van der Waals surface area contributed by atoms with Crippen LogP contribution >= 0.6 is 11.6 Å². The first-order valence-corrected chi connectivity index (χ1v) is 13.1. The van der Waals surface area contributed by atoms with Gasteiger partial charge in [-0.15, -0.1) is 0 Å². The number of amides is 1. The van der Waals surface area contributed by atoms with Crippen molar-refractivity contribution < 1.29 is 13.9 Å². The first-order valence-electron chi connectivity index (χ1n) is 12.7. The van der Waals surface area contributed by atoms with Crippen molar-refractivity contribution in [3.63, 3.8) is 0 Å². The maximum absolute atomic E-state index is 14.5. The molecule has 2 aromatic rings. The van der Waals surface area contributed by atoms with Gasteiger partial charge in [-0.05, 0) is 61.0 Å². The Morgan fingerprint density at radius 1 is 1.26 bits per heavy atom. The summed E-state index contributed by atoms with van der Waals surface area (Å²) in [5, 5.41) is 0.561. The molecule has 35 heavy (non-hydrogen) atoms. The molecule has 1 aliphatic carbocycles. The Balaban J connectivity index is 1.16. The van der Waals surface area contributed by atoms with Crippen molar-refractivity contribution in [2.24, 2.45) is 23.7 Å². The lowest BCUT2D eigenvalue weighted by atomic mass is 9.90. The van der Waals surface area contributed by atoms with Gasteiger partial charge in [0.2, 0.25) is 11.9 Å². The SMILES string of the molecule is CC(C)CN(C)C(=O)Cc1ccc(OCC[C@@H]2CC2C2CCN(c3ncc(Cl)cn3)CC2)cc1F. The number of ether oxygens (including phenoxy) is 1. The minimum absolute atomic E-state index is 0.0715. The summed E-state index contributed by atoms with van der Waals surface area (Å²) in [5.41, 5.74) is 0.413. The topological polar surface area (TPSA) is 58.6 Å². The number of anilines is 1. The monoisotopic (exact) mass is 502 g/mol. The maximum Gasteiger partial charge on any atom is 0.226 e. The van der Waals surface area contributed by atoms with E-state index in [0.29, 0.717) is 41.3 Å². The molecule has 0 radical (unpaired) electrons. The van der Waals surface area contributed by atoms with Gasteiger partial charge in [-0.25, -0.2) is 14.4 Å². The smallest absolute Gasteiger partial charge is 0.226 e. The van der Waals surface area contributed by atoms with Gasteiger partial charge < -0.3 is 14.5 Å². The van der Waals surface area contributed by atoms with E-state index in [9.17, 15) is 9.18 Å². The van der Waals surface area contributed by atoms with Crippen molar-refractivity contribution in [2.75, 3.05) is 38.2 Å². The van der Waals surface area contributed by atoms with Gasteiger partial charge in [0.05, 0.1) is 30.4 Å². The Morgan fingerprint density at radius 2 is 1.97 bits per heavy atom. The van der Waals surface area contributed by atoms with E-state index >= 15 is 0 Å². The van der Waals surface area contributed by atoms with E-state index in [1.807, 2.05) is 0 Å². The van der Waals surface area contributed by atoms with Gasteiger partial charge in [0, 0.05) is 32.7 Å². The summed E-state index contributed by atoms with van der Waals surface area (Å²) in [6.45, 7) is 7.33. The van der Waals surface area contributed by atoms with Crippen molar-refractivity contribution in [2.45, 2.75) is 46.0 Å². The molecule has 6 nitrogen and oxygen atoms in total. The number of likely N-dealkylation sites (N-methyl/N-ethyl adjacent to an activating group) is 1. The molecule has 2 fully saturated rings. The quantitative estimate of drug-likeness (QED) is 0.444. The van der Waals surface area contributed by atoms with E-state index < -0.39 is 0 Å².